The van der Waals surface area contributed by atoms with Crippen LogP contribution in [-0.4, -0.2) is 47.9 Å². The summed E-state index contributed by atoms with van der Waals surface area (Å²) in [5, 5.41) is 5.11. The van der Waals surface area contributed by atoms with Crippen LogP contribution in [0, 0.1) is 5.92 Å². The first-order valence-electron chi connectivity index (χ1n) is 9.14. The number of hydrogen-bond donors (Lipinski definition) is 2. The second-order valence-corrected chi connectivity index (χ2v) is 7.85. The molecule has 1 unspecified atom stereocenters. The average molecular weight is 386 g/mol. The van der Waals surface area contributed by atoms with Gasteiger partial charge >= 0.3 is 0 Å². The van der Waals surface area contributed by atoms with Crippen molar-refractivity contribution in [1.82, 2.24) is 15.2 Å². The number of likely N-dealkylation sites (tertiary alicyclic amines) is 1. The third-order valence-corrected chi connectivity index (χ3v) is 5.72. The van der Waals surface area contributed by atoms with Crippen LogP contribution >= 0.6 is 11.3 Å². The highest BCUT2D eigenvalue weighted by atomic mass is 32.1. The average Bonchev–Trinajstić information content (AvgIpc) is 3.33. The molecule has 0 radical (unpaired) electrons. The van der Waals surface area contributed by atoms with Crippen molar-refractivity contribution in [3.63, 3.8) is 0 Å². The second kappa shape index (κ2) is 7.56. The molecule has 0 bridgehead atoms. The maximum atomic E-state index is 12.5. The second-order valence-electron chi connectivity index (χ2n) is 6.96. The minimum Gasteiger partial charge on any atom is -0.493 e. The molecule has 3 heterocycles. The Kier molecular flexibility index (Phi) is 4.98. The smallest absolute Gasteiger partial charge is 0.273 e. The number of nitrogens with one attached hydrogen (secondary N) is 1. The molecule has 2 aromatic rings. The third-order valence-electron chi connectivity index (χ3n) is 5.05. The Morgan fingerprint density at radius 3 is 3.11 bits per heavy atom. The molecule has 1 fully saturated rings. The Bertz CT molecular complexity index is 866. The third kappa shape index (κ3) is 3.90. The Hall–Kier alpha value is -2.61. The van der Waals surface area contributed by atoms with Crippen LogP contribution < -0.4 is 15.8 Å². The normalized spacial score (nSPS) is 18.7. The zero-order chi connectivity index (χ0) is 18.8. The molecule has 1 saturated heterocycles. The number of benzene rings is 1. The monoisotopic (exact) mass is 386 g/mol. The van der Waals surface area contributed by atoms with Gasteiger partial charge in [0.25, 0.3) is 11.8 Å². The van der Waals surface area contributed by atoms with Gasteiger partial charge in [-0.05, 0) is 42.5 Å². The molecule has 8 heteroatoms. The molecule has 7 nitrogen and oxygen atoms in total. The van der Waals surface area contributed by atoms with E-state index in [9.17, 15) is 9.59 Å². The number of rotatable bonds is 4. The van der Waals surface area contributed by atoms with Crippen molar-refractivity contribution in [2.24, 2.45) is 5.92 Å². The highest BCUT2D eigenvalue weighted by Crippen LogP contribution is 2.26. The maximum absolute atomic E-state index is 12.5. The summed E-state index contributed by atoms with van der Waals surface area (Å²) in [5.74, 6) is 0.939. The van der Waals surface area contributed by atoms with Gasteiger partial charge in [-0.1, -0.05) is 0 Å². The molecule has 1 aromatic heterocycles. The van der Waals surface area contributed by atoms with Crippen LogP contribution in [0.3, 0.4) is 0 Å². The van der Waals surface area contributed by atoms with Gasteiger partial charge in [0.1, 0.15) is 11.4 Å². The number of fused-ring (bicyclic) bond motifs is 1. The number of nitrogens with two attached hydrogens (primary N) is 1. The SMILES string of the molecule is Nc1nc(C(=O)N2CCCC(CNC(=O)c3ccc4c(c3)CCO4)C2)cs1. The Labute approximate surface area is 161 Å². The van der Waals surface area contributed by atoms with Crippen molar-refractivity contribution in [2.75, 3.05) is 32.0 Å². The van der Waals surface area contributed by atoms with Gasteiger partial charge < -0.3 is 20.7 Å². The number of ether oxygens (including phenoxy) is 1. The van der Waals surface area contributed by atoms with Gasteiger partial charge in [0.05, 0.1) is 6.61 Å². The number of carbonyl (C=O) groups excluding carboxylic acids is 2. The first-order chi connectivity index (χ1) is 13.1. The maximum Gasteiger partial charge on any atom is 0.273 e. The molecule has 0 aliphatic carbocycles. The zero-order valence-corrected chi connectivity index (χ0v) is 15.8. The van der Waals surface area contributed by atoms with Crippen molar-refractivity contribution in [3.8, 4) is 5.75 Å². The summed E-state index contributed by atoms with van der Waals surface area (Å²) >= 11 is 1.27. The molecule has 4 rings (SSSR count). The van der Waals surface area contributed by atoms with Crippen LogP contribution in [0.2, 0.25) is 0 Å². The molecular formula is C19H22N4O3S. The van der Waals surface area contributed by atoms with Crippen molar-refractivity contribution >= 4 is 28.3 Å². The quantitative estimate of drug-likeness (QED) is 0.837. The number of carbonyl (C=O) groups is 2. The summed E-state index contributed by atoms with van der Waals surface area (Å²) in [7, 11) is 0. The van der Waals surface area contributed by atoms with E-state index in [2.05, 4.69) is 10.3 Å². The van der Waals surface area contributed by atoms with Crippen molar-refractivity contribution in [2.45, 2.75) is 19.3 Å². The molecule has 1 atom stereocenters. The lowest BCUT2D eigenvalue weighted by Crippen LogP contribution is -2.43. The molecule has 3 N–H and O–H groups in total. The fourth-order valence-electron chi connectivity index (χ4n) is 3.63. The van der Waals surface area contributed by atoms with Crippen LogP contribution in [0.4, 0.5) is 5.13 Å². The summed E-state index contributed by atoms with van der Waals surface area (Å²) in [6.45, 7) is 2.56. The number of hydrogen-bond acceptors (Lipinski definition) is 6. The summed E-state index contributed by atoms with van der Waals surface area (Å²) in [4.78, 5) is 30.9. The molecule has 2 aliphatic rings. The number of nitrogens with zero attached hydrogens (tertiary/aromatic N) is 2. The minimum absolute atomic E-state index is 0.0829. The number of nitrogen functional groups attached to an aromatic ring is 1. The van der Waals surface area contributed by atoms with E-state index in [-0.39, 0.29) is 17.7 Å². The van der Waals surface area contributed by atoms with E-state index in [0.29, 0.717) is 42.6 Å². The molecule has 2 amide bonds. The van der Waals surface area contributed by atoms with Crippen LogP contribution in [0.25, 0.3) is 0 Å². The molecular weight excluding hydrogens is 364 g/mol. The molecule has 27 heavy (non-hydrogen) atoms. The van der Waals surface area contributed by atoms with Gasteiger partial charge in [-0.3, -0.25) is 9.59 Å². The van der Waals surface area contributed by atoms with Crippen molar-refractivity contribution in [3.05, 3.63) is 40.4 Å². The predicted molar refractivity (Wildman–Crippen MR) is 103 cm³/mol. The first-order valence-corrected chi connectivity index (χ1v) is 10.0. The van der Waals surface area contributed by atoms with Crippen LogP contribution in [0.5, 0.6) is 5.75 Å². The van der Waals surface area contributed by atoms with E-state index in [1.807, 2.05) is 17.0 Å². The highest BCUT2D eigenvalue weighted by molar-refractivity contribution is 7.13. The molecule has 1 aromatic carbocycles. The Morgan fingerprint density at radius 1 is 1.41 bits per heavy atom. The van der Waals surface area contributed by atoms with E-state index in [0.717, 1.165) is 30.6 Å². The fourth-order valence-corrected chi connectivity index (χ4v) is 4.17. The van der Waals surface area contributed by atoms with Crippen molar-refractivity contribution in [1.29, 1.82) is 0 Å². The van der Waals surface area contributed by atoms with E-state index in [4.69, 9.17) is 10.5 Å². The predicted octanol–water partition coefficient (Wildman–Crippen LogP) is 1.94. The molecule has 0 saturated carbocycles. The van der Waals surface area contributed by atoms with Gasteiger partial charge in [0.2, 0.25) is 0 Å². The Balaban J connectivity index is 1.33. The lowest BCUT2D eigenvalue weighted by molar-refractivity contribution is 0.0666. The van der Waals surface area contributed by atoms with E-state index >= 15 is 0 Å². The van der Waals surface area contributed by atoms with Gasteiger partial charge in [0, 0.05) is 37.0 Å². The van der Waals surface area contributed by atoms with Gasteiger partial charge in [-0.15, -0.1) is 11.3 Å². The first kappa shape index (κ1) is 17.8. The summed E-state index contributed by atoms with van der Waals surface area (Å²) in [5.41, 5.74) is 7.77. The minimum atomic E-state index is -0.0856. The standard InChI is InChI=1S/C19H22N4O3S/c20-19-22-15(11-27-19)18(25)23-6-1-2-12(10-23)9-21-17(24)14-3-4-16-13(8-14)5-7-26-16/h3-4,8,11-12H,1-2,5-7,9-10H2,(H2,20,22)(H,21,24). The summed E-state index contributed by atoms with van der Waals surface area (Å²) in [6.07, 6.45) is 2.75. The Morgan fingerprint density at radius 2 is 2.30 bits per heavy atom. The highest BCUT2D eigenvalue weighted by Gasteiger charge is 2.26. The van der Waals surface area contributed by atoms with E-state index in [1.54, 1.807) is 11.4 Å². The van der Waals surface area contributed by atoms with E-state index < -0.39 is 0 Å². The molecule has 142 valence electrons. The summed E-state index contributed by atoms with van der Waals surface area (Å²) in [6, 6.07) is 5.56. The topological polar surface area (TPSA) is 97.5 Å². The van der Waals surface area contributed by atoms with Gasteiger partial charge in [0.15, 0.2) is 5.13 Å². The lowest BCUT2D eigenvalue weighted by atomic mass is 9.97. The largest absolute Gasteiger partial charge is 0.493 e. The van der Waals surface area contributed by atoms with Crippen molar-refractivity contribution < 1.29 is 14.3 Å². The number of thiazole rings is 1. The van der Waals surface area contributed by atoms with Gasteiger partial charge in [-0.2, -0.15) is 0 Å². The summed E-state index contributed by atoms with van der Waals surface area (Å²) < 4.78 is 5.48. The number of piperidine rings is 1. The number of anilines is 1. The lowest BCUT2D eigenvalue weighted by Gasteiger charge is -2.32. The molecule has 2 aliphatic heterocycles. The van der Waals surface area contributed by atoms with Crippen LogP contribution in [0.1, 0.15) is 39.3 Å². The fraction of sp³-hybridized carbons (Fsp3) is 0.421. The zero-order valence-electron chi connectivity index (χ0n) is 14.9. The van der Waals surface area contributed by atoms with Crippen LogP contribution in [-0.2, 0) is 6.42 Å². The molecule has 0 spiro atoms. The van der Waals surface area contributed by atoms with Gasteiger partial charge in [-0.25, -0.2) is 4.98 Å². The number of amides is 2. The van der Waals surface area contributed by atoms with E-state index in [1.165, 1.54) is 11.3 Å². The number of aromatic nitrogens is 1. The van der Waals surface area contributed by atoms with Crippen LogP contribution in [0.15, 0.2) is 23.6 Å².